The van der Waals surface area contributed by atoms with Crippen LogP contribution in [0.15, 0.2) is 30.3 Å². The summed E-state index contributed by atoms with van der Waals surface area (Å²) in [6.07, 6.45) is 2.89. The van der Waals surface area contributed by atoms with Gasteiger partial charge in [0, 0.05) is 26.6 Å². The van der Waals surface area contributed by atoms with Gasteiger partial charge in [-0.2, -0.15) is 0 Å². The molecule has 0 saturated carbocycles. The normalized spacial score (nSPS) is 23.7. The molecular formula is C17H23NO4. The molecule has 0 bridgehead atoms. The molecule has 0 unspecified atom stereocenters. The van der Waals surface area contributed by atoms with E-state index in [1.165, 1.54) is 0 Å². The van der Waals surface area contributed by atoms with Crippen LogP contribution in [0.4, 0.5) is 0 Å². The lowest BCUT2D eigenvalue weighted by atomic mass is 9.88. The van der Waals surface area contributed by atoms with Crippen LogP contribution in [0.1, 0.15) is 19.3 Å². The summed E-state index contributed by atoms with van der Waals surface area (Å²) >= 11 is 0. The van der Waals surface area contributed by atoms with E-state index in [1.54, 1.807) is 7.11 Å². The van der Waals surface area contributed by atoms with Crippen molar-refractivity contribution in [2.75, 3.05) is 33.4 Å². The molecule has 2 aliphatic heterocycles. The van der Waals surface area contributed by atoms with E-state index in [2.05, 4.69) is 0 Å². The zero-order chi connectivity index (χ0) is 15.4. The van der Waals surface area contributed by atoms with Crippen LogP contribution < -0.4 is 4.74 Å². The molecule has 2 heterocycles. The van der Waals surface area contributed by atoms with Crippen molar-refractivity contribution in [1.82, 2.24) is 4.90 Å². The molecule has 2 saturated heterocycles. The molecule has 1 amide bonds. The average molecular weight is 305 g/mol. The second-order valence-corrected chi connectivity index (χ2v) is 6.04. The molecule has 5 heteroatoms. The topological polar surface area (TPSA) is 48.0 Å². The van der Waals surface area contributed by atoms with E-state index in [-0.39, 0.29) is 24.2 Å². The molecule has 0 N–H and O–H groups in total. The summed E-state index contributed by atoms with van der Waals surface area (Å²) in [5.41, 5.74) is -0.0856. The highest BCUT2D eigenvalue weighted by molar-refractivity contribution is 5.77. The largest absolute Gasteiger partial charge is 0.484 e. The van der Waals surface area contributed by atoms with Crippen LogP contribution in [0, 0.1) is 0 Å². The predicted octanol–water partition coefficient (Wildman–Crippen LogP) is 1.86. The number of nitrogens with zero attached hydrogens (tertiary/aromatic N) is 1. The van der Waals surface area contributed by atoms with Gasteiger partial charge in [-0.1, -0.05) is 18.2 Å². The number of piperidine rings is 1. The number of benzene rings is 1. The van der Waals surface area contributed by atoms with Gasteiger partial charge in [-0.25, -0.2) is 0 Å². The molecule has 2 fully saturated rings. The third kappa shape index (κ3) is 3.42. The minimum absolute atomic E-state index is 0.0417. The highest BCUT2D eigenvalue weighted by Crippen LogP contribution is 2.36. The molecule has 120 valence electrons. The summed E-state index contributed by atoms with van der Waals surface area (Å²) in [4.78, 5) is 14.1. The molecule has 1 aromatic carbocycles. The van der Waals surface area contributed by atoms with Crippen LogP contribution in [-0.4, -0.2) is 55.9 Å². The van der Waals surface area contributed by atoms with Crippen molar-refractivity contribution in [3.05, 3.63) is 30.3 Å². The fourth-order valence-corrected chi connectivity index (χ4v) is 3.22. The van der Waals surface area contributed by atoms with Crippen molar-refractivity contribution in [2.24, 2.45) is 0 Å². The van der Waals surface area contributed by atoms with Gasteiger partial charge in [0.25, 0.3) is 5.91 Å². The lowest BCUT2D eigenvalue weighted by Gasteiger charge is -2.38. The lowest BCUT2D eigenvalue weighted by molar-refractivity contribution is -0.138. The first-order chi connectivity index (χ1) is 10.7. The maximum absolute atomic E-state index is 12.2. The monoisotopic (exact) mass is 305 g/mol. The molecule has 0 radical (unpaired) electrons. The van der Waals surface area contributed by atoms with Gasteiger partial charge in [0.05, 0.1) is 18.3 Å². The number of para-hydroxylation sites is 1. The van der Waals surface area contributed by atoms with Crippen LogP contribution in [0.3, 0.4) is 0 Å². The summed E-state index contributed by atoms with van der Waals surface area (Å²) in [6.45, 7) is 2.22. The van der Waals surface area contributed by atoms with Crippen LogP contribution in [0.5, 0.6) is 5.75 Å². The molecule has 5 nitrogen and oxygen atoms in total. The molecule has 1 aromatic rings. The summed E-state index contributed by atoms with van der Waals surface area (Å²) in [5.74, 6) is 0.770. The second kappa shape index (κ2) is 6.67. The highest BCUT2D eigenvalue weighted by Gasteiger charge is 2.43. The smallest absolute Gasteiger partial charge is 0.260 e. The van der Waals surface area contributed by atoms with E-state index in [0.717, 1.165) is 38.1 Å². The van der Waals surface area contributed by atoms with E-state index >= 15 is 0 Å². The van der Waals surface area contributed by atoms with Crippen LogP contribution >= 0.6 is 0 Å². The number of carbonyl (C=O) groups is 1. The molecule has 2 aliphatic rings. The predicted molar refractivity (Wildman–Crippen MR) is 81.8 cm³/mol. The van der Waals surface area contributed by atoms with E-state index in [4.69, 9.17) is 14.2 Å². The summed E-state index contributed by atoms with van der Waals surface area (Å²) in [5, 5.41) is 0. The van der Waals surface area contributed by atoms with Gasteiger partial charge in [0.15, 0.2) is 6.61 Å². The Balaban J connectivity index is 1.46. The Morgan fingerprint density at radius 3 is 2.68 bits per heavy atom. The maximum Gasteiger partial charge on any atom is 0.260 e. The number of likely N-dealkylation sites (tertiary alicyclic amines) is 1. The number of hydrogen-bond donors (Lipinski definition) is 0. The van der Waals surface area contributed by atoms with Gasteiger partial charge in [-0.15, -0.1) is 0 Å². The Labute approximate surface area is 131 Å². The molecule has 1 atom stereocenters. The lowest BCUT2D eigenvalue weighted by Crippen LogP contribution is -2.47. The fourth-order valence-electron chi connectivity index (χ4n) is 3.22. The van der Waals surface area contributed by atoms with Gasteiger partial charge in [0.2, 0.25) is 0 Å². The van der Waals surface area contributed by atoms with Crippen molar-refractivity contribution >= 4 is 5.91 Å². The Bertz CT molecular complexity index is 497. The summed E-state index contributed by atoms with van der Waals surface area (Å²) in [7, 11) is 1.73. The highest BCUT2D eigenvalue weighted by atomic mass is 16.6. The number of amides is 1. The van der Waals surface area contributed by atoms with Crippen molar-refractivity contribution in [3.63, 3.8) is 0 Å². The van der Waals surface area contributed by atoms with Crippen LogP contribution in [0.2, 0.25) is 0 Å². The van der Waals surface area contributed by atoms with Gasteiger partial charge >= 0.3 is 0 Å². The van der Waals surface area contributed by atoms with Crippen molar-refractivity contribution < 1.29 is 19.0 Å². The molecule has 0 aliphatic carbocycles. The van der Waals surface area contributed by atoms with Crippen LogP contribution in [-0.2, 0) is 14.3 Å². The van der Waals surface area contributed by atoms with Gasteiger partial charge < -0.3 is 19.1 Å². The molecule has 3 rings (SSSR count). The van der Waals surface area contributed by atoms with Gasteiger partial charge in [-0.3, -0.25) is 4.79 Å². The quantitative estimate of drug-likeness (QED) is 0.852. The minimum atomic E-state index is -0.0856. The van der Waals surface area contributed by atoms with Gasteiger partial charge in [-0.05, 0) is 25.0 Å². The van der Waals surface area contributed by atoms with E-state index in [0.29, 0.717) is 6.61 Å². The van der Waals surface area contributed by atoms with Crippen molar-refractivity contribution in [3.8, 4) is 5.75 Å². The number of carbonyl (C=O) groups excluding carboxylic acids is 1. The van der Waals surface area contributed by atoms with Crippen LogP contribution in [0.25, 0.3) is 0 Å². The number of hydrogen-bond acceptors (Lipinski definition) is 4. The van der Waals surface area contributed by atoms with E-state index in [1.807, 2.05) is 35.2 Å². The Morgan fingerprint density at radius 1 is 1.32 bits per heavy atom. The minimum Gasteiger partial charge on any atom is -0.484 e. The standard InChI is InChI=1S/C17H23NO4/c1-20-15-11-17(22-12-15)7-9-18(10-8-17)16(19)13-21-14-5-3-2-4-6-14/h2-6,15H,7-13H2,1H3/t15-/m1/s1. The average Bonchev–Trinajstić information content (AvgIpc) is 2.97. The molecular weight excluding hydrogens is 282 g/mol. The first-order valence-electron chi connectivity index (χ1n) is 7.83. The second-order valence-electron chi connectivity index (χ2n) is 6.04. The van der Waals surface area contributed by atoms with E-state index < -0.39 is 0 Å². The Hall–Kier alpha value is -1.59. The van der Waals surface area contributed by atoms with E-state index in [9.17, 15) is 4.79 Å². The maximum atomic E-state index is 12.2. The third-order valence-electron chi connectivity index (χ3n) is 4.64. The zero-order valence-corrected chi connectivity index (χ0v) is 13.0. The third-order valence-corrected chi connectivity index (χ3v) is 4.64. The summed E-state index contributed by atoms with van der Waals surface area (Å²) < 4.78 is 16.9. The SMILES string of the molecule is CO[C@H]1COC2(CCN(C(=O)COc3ccccc3)CC2)C1. The first-order valence-corrected chi connectivity index (χ1v) is 7.83. The van der Waals surface area contributed by atoms with Crippen molar-refractivity contribution in [1.29, 1.82) is 0 Å². The Kier molecular flexibility index (Phi) is 4.64. The van der Waals surface area contributed by atoms with Gasteiger partial charge in [0.1, 0.15) is 5.75 Å². The zero-order valence-electron chi connectivity index (χ0n) is 13.0. The number of methoxy groups -OCH3 is 1. The fraction of sp³-hybridized carbons (Fsp3) is 0.588. The van der Waals surface area contributed by atoms with Crippen molar-refractivity contribution in [2.45, 2.75) is 31.0 Å². The Morgan fingerprint density at radius 2 is 2.05 bits per heavy atom. The molecule has 1 spiro atoms. The number of rotatable bonds is 4. The first kappa shape index (κ1) is 15.3. The number of ether oxygens (including phenoxy) is 3. The summed E-state index contributed by atoms with van der Waals surface area (Å²) in [6, 6.07) is 9.43. The molecule has 0 aromatic heterocycles. The molecule has 22 heavy (non-hydrogen) atoms.